The molecule has 39 heavy (non-hydrogen) atoms. The number of ketones is 1. The number of nitrogens with one attached hydrogen (secondary N) is 1. The van der Waals surface area contributed by atoms with Gasteiger partial charge in [0, 0.05) is 17.8 Å². The van der Waals surface area contributed by atoms with Gasteiger partial charge in [0.2, 0.25) is 0 Å². The van der Waals surface area contributed by atoms with Crippen LogP contribution in [-0.2, 0) is 20.7 Å². The van der Waals surface area contributed by atoms with Crippen LogP contribution in [0.5, 0.6) is 0 Å². The lowest BCUT2D eigenvalue weighted by atomic mass is 9.48. The van der Waals surface area contributed by atoms with Gasteiger partial charge >= 0.3 is 0 Å². The fourth-order valence-corrected chi connectivity index (χ4v) is 8.49. The Balaban J connectivity index is 1.21. The SMILES string of the molecule is C[C@@H]1C[C@H]2[C@@H]3CCC4=C/C(=N/NC(=O)[C@@H](N)Cc5ccccc5)C=C[C@]4(C)[C@@]3(F)[C@@H](O)C[C@@]23O[C@]13C(=O)CO. The normalized spacial score (nSPS) is 43.4. The minimum atomic E-state index is -1.96. The number of epoxide rings is 1. The number of Topliss-reactive ketones (excluding diaryl/α,β-unsaturated/α-hetero) is 1. The van der Waals surface area contributed by atoms with Crippen molar-refractivity contribution in [2.45, 2.75) is 75.0 Å². The van der Waals surface area contributed by atoms with E-state index in [4.69, 9.17) is 10.5 Å². The molecule has 3 saturated carbocycles. The summed E-state index contributed by atoms with van der Waals surface area (Å²) in [6.07, 6.45) is 5.99. The average Bonchev–Trinajstić information content (AvgIpc) is 3.53. The van der Waals surface area contributed by atoms with E-state index in [0.717, 1.165) is 11.1 Å². The number of aliphatic hydroxyl groups is 2. The molecule has 5 N–H and O–H groups in total. The van der Waals surface area contributed by atoms with E-state index in [0.29, 0.717) is 31.4 Å². The predicted octanol–water partition coefficient (Wildman–Crippen LogP) is 2.14. The Morgan fingerprint density at radius 3 is 2.74 bits per heavy atom. The van der Waals surface area contributed by atoms with E-state index in [1.54, 1.807) is 18.2 Å². The summed E-state index contributed by atoms with van der Waals surface area (Å²) in [7, 11) is 0. The molecule has 9 atom stereocenters. The van der Waals surface area contributed by atoms with Crippen molar-refractivity contribution in [1.29, 1.82) is 0 Å². The van der Waals surface area contributed by atoms with Gasteiger partial charge in [-0.25, -0.2) is 9.82 Å². The quantitative estimate of drug-likeness (QED) is 0.324. The summed E-state index contributed by atoms with van der Waals surface area (Å²) >= 11 is 0. The molecule has 1 amide bonds. The third-order valence-corrected chi connectivity index (χ3v) is 10.4. The molecule has 0 aromatic heterocycles. The zero-order valence-electron chi connectivity index (χ0n) is 22.3. The molecule has 1 aromatic rings. The van der Waals surface area contributed by atoms with Gasteiger partial charge in [-0.2, -0.15) is 5.10 Å². The number of benzene rings is 1. The highest BCUT2D eigenvalue weighted by atomic mass is 19.1. The van der Waals surface area contributed by atoms with Gasteiger partial charge in [-0.05, 0) is 62.2 Å². The number of hydrogen-bond acceptors (Lipinski definition) is 7. The van der Waals surface area contributed by atoms with Crippen molar-refractivity contribution in [3.05, 3.63) is 59.7 Å². The lowest BCUT2D eigenvalue weighted by Crippen LogP contribution is -2.66. The standard InChI is InChI=1S/C30H36FN3O5/c1-17-12-22-21-9-8-19-14-20(33-34-26(38)23(32)13-18-6-4-3-5-7-18)10-11-27(19,2)29(21,31)24(36)15-28(22)30(17,39-28)25(37)16-35/h3-7,10-11,14,17,21-24,35-36H,8-9,12-13,15-16,32H2,1-2H3,(H,34,38)/b33-20+/t17-,21+,22+,23+,24+,27+,28-,29+,30+/m1/s1. The molecule has 0 bridgehead atoms. The van der Waals surface area contributed by atoms with E-state index in [2.05, 4.69) is 10.5 Å². The largest absolute Gasteiger partial charge is 0.390 e. The van der Waals surface area contributed by atoms with Crippen LogP contribution in [0.4, 0.5) is 4.39 Å². The van der Waals surface area contributed by atoms with Crippen molar-refractivity contribution >= 4 is 17.4 Å². The van der Waals surface area contributed by atoms with E-state index in [1.165, 1.54) is 0 Å². The molecule has 4 fully saturated rings. The maximum Gasteiger partial charge on any atom is 0.257 e. The van der Waals surface area contributed by atoms with Crippen LogP contribution in [0.2, 0.25) is 0 Å². The number of nitrogens with zero attached hydrogens (tertiary/aromatic N) is 1. The molecule has 8 nitrogen and oxygen atoms in total. The van der Waals surface area contributed by atoms with Crippen LogP contribution in [0.15, 0.2) is 59.2 Å². The van der Waals surface area contributed by atoms with Gasteiger partial charge in [0.15, 0.2) is 17.1 Å². The topological polar surface area (TPSA) is 138 Å². The molecule has 1 spiro atoms. The molecular weight excluding hydrogens is 501 g/mol. The molecule has 6 rings (SSSR count). The van der Waals surface area contributed by atoms with Crippen molar-refractivity contribution in [1.82, 2.24) is 5.43 Å². The lowest BCUT2D eigenvalue weighted by Gasteiger charge is -2.59. The summed E-state index contributed by atoms with van der Waals surface area (Å²) in [5, 5.41) is 25.2. The van der Waals surface area contributed by atoms with Crippen LogP contribution >= 0.6 is 0 Å². The van der Waals surface area contributed by atoms with Gasteiger partial charge in [-0.15, -0.1) is 0 Å². The number of carbonyl (C=O) groups is 2. The number of rotatable bonds is 6. The number of carbonyl (C=O) groups excluding carboxylic acids is 2. The van der Waals surface area contributed by atoms with E-state index < -0.39 is 52.9 Å². The van der Waals surface area contributed by atoms with Crippen LogP contribution < -0.4 is 11.2 Å². The molecule has 1 aromatic carbocycles. The van der Waals surface area contributed by atoms with Crippen molar-refractivity contribution in [2.24, 2.45) is 34.0 Å². The number of allylic oxidation sites excluding steroid dienone is 4. The Hall–Kier alpha value is -2.72. The number of fused-ring (bicyclic) bond motifs is 4. The first-order chi connectivity index (χ1) is 18.5. The van der Waals surface area contributed by atoms with Crippen LogP contribution in [0.3, 0.4) is 0 Å². The van der Waals surface area contributed by atoms with Crippen molar-refractivity contribution in [3.8, 4) is 0 Å². The fourth-order valence-electron chi connectivity index (χ4n) is 8.49. The summed E-state index contributed by atoms with van der Waals surface area (Å²) in [5.41, 5.74) is 5.79. The number of nitrogens with two attached hydrogens (primary N) is 1. The van der Waals surface area contributed by atoms with Gasteiger partial charge in [-0.3, -0.25) is 9.59 Å². The number of amides is 1. The number of hydrazone groups is 1. The highest BCUT2D eigenvalue weighted by Gasteiger charge is 2.87. The minimum absolute atomic E-state index is 0.0216. The van der Waals surface area contributed by atoms with Crippen LogP contribution in [-0.4, -0.2) is 63.2 Å². The zero-order valence-corrected chi connectivity index (χ0v) is 22.3. The van der Waals surface area contributed by atoms with Gasteiger partial charge in [-0.1, -0.05) is 48.9 Å². The third kappa shape index (κ3) is 3.46. The smallest absolute Gasteiger partial charge is 0.257 e. The molecule has 9 heteroatoms. The van der Waals surface area contributed by atoms with Crippen LogP contribution in [0.25, 0.3) is 0 Å². The predicted molar refractivity (Wildman–Crippen MR) is 142 cm³/mol. The summed E-state index contributed by atoms with van der Waals surface area (Å²) in [6.45, 7) is 3.11. The van der Waals surface area contributed by atoms with Crippen molar-refractivity contribution < 1.29 is 28.9 Å². The molecule has 1 aliphatic heterocycles. The van der Waals surface area contributed by atoms with Crippen molar-refractivity contribution in [2.75, 3.05) is 6.61 Å². The Bertz CT molecular complexity index is 1300. The second kappa shape index (κ2) is 8.89. The molecule has 4 aliphatic carbocycles. The Morgan fingerprint density at radius 2 is 2.03 bits per heavy atom. The summed E-state index contributed by atoms with van der Waals surface area (Å²) in [5.74, 6) is -1.66. The average molecular weight is 538 g/mol. The molecular formula is C30H36FN3O5. The van der Waals surface area contributed by atoms with Crippen molar-refractivity contribution in [3.63, 3.8) is 0 Å². The van der Waals surface area contributed by atoms with Gasteiger partial charge in [0.05, 0.1) is 17.9 Å². The Labute approximate surface area is 227 Å². The zero-order chi connectivity index (χ0) is 27.8. The van der Waals surface area contributed by atoms with E-state index in [1.807, 2.05) is 44.2 Å². The molecule has 208 valence electrons. The Morgan fingerprint density at radius 1 is 1.28 bits per heavy atom. The maximum atomic E-state index is 17.4. The monoisotopic (exact) mass is 537 g/mol. The molecule has 1 heterocycles. The fraction of sp³-hybridized carbons (Fsp3) is 0.567. The Kier molecular flexibility index (Phi) is 6.04. The second-order valence-electron chi connectivity index (χ2n) is 12.2. The first-order valence-corrected chi connectivity index (χ1v) is 13.8. The summed E-state index contributed by atoms with van der Waals surface area (Å²) in [6, 6.07) is 8.73. The molecule has 1 saturated heterocycles. The first kappa shape index (κ1) is 26.5. The first-order valence-electron chi connectivity index (χ1n) is 13.8. The van der Waals surface area contributed by atoms with E-state index in [9.17, 15) is 19.8 Å². The third-order valence-electron chi connectivity index (χ3n) is 10.4. The molecule has 0 radical (unpaired) electrons. The number of halogens is 1. The minimum Gasteiger partial charge on any atom is -0.390 e. The number of ether oxygens (including phenoxy) is 1. The van der Waals surface area contributed by atoms with Gasteiger partial charge < -0.3 is 20.7 Å². The lowest BCUT2D eigenvalue weighted by molar-refractivity contribution is -0.179. The molecule has 5 aliphatic rings. The van der Waals surface area contributed by atoms with Gasteiger partial charge in [0.1, 0.15) is 12.2 Å². The second-order valence-corrected chi connectivity index (χ2v) is 12.2. The summed E-state index contributed by atoms with van der Waals surface area (Å²) in [4.78, 5) is 25.3. The van der Waals surface area contributed by atoms with Crippen LogP contribution in [0.1, 0.15) is 45.1 Å². The number of hydrogen-bond donors (Lipinski definition) is 4. The number of aliphatic hydroxyl groups excluding tert-OH is 2. The molecule has 0 unspecified atom stereocenters. The highest BCUT2D eigenvalue weighted by Crippen LogP contribution is 2.76. The maximum absolute atomic E-state index is 17.4. The van der Waals surface area contributed by atoms with Gasteiger partial charge in [0.25, 0.3) is 5.91 Å². The van der Waals surface area contributed by atoms with Crippen LogP contribution in [0, 0.1) is 23.2 Å². The van der Waals surface area contributed by atoms with E-state index in [-0.39, 0.29) is 24.0 Å². The summed E-state index contributed by atoms with van der Waals surface area (Å²) < 4.78 is 23.5. The highest BCUT2D eigenvalue weighted by molar-refractivity contribution is 6.06. The van der Waals surface area contributed by atoms with E-state index >= 15 is 4.39 Å². The number of alkyl halides is 1.